The van der Waals surface area contributed by atoms with Crippen LogP contribution >= 0.6 is 0 Å². The number of rotatable bonds is 3. The molecule has 2 rings (SSSR count). The van der Waals surface area contributed by atoms with E-state index in [1.165, 1.54) is 0 Å². The van der Waals surface area contributed by atoms with Gasteiger partial charge in [0.1, 0.15) is 5.60 Å². The van der Waals surface area contributed by atoms with Crippen molar-refractivity contribution < 1.29 is 24.5 Å². The van der Waals surface area contributed by atoms with Crippen LogP contribution < -0.4 is 5.32 Å². The largest absolute Gasteiger partial charge is 0.481 e. The molecular formula is C16H21NO5. The Balaban J connectivity index is 2.17. The summed E-state index contributed by atoms with van der Waals surface area (Å²) < 4.78 is 5.17. The van der Waals surface area contributed by atoms with E-state index in [4.69, 9.17) is 4.74 Å². The number of aliphatic hydroxyl groups excluding tert-OH is 1. The zero-order chi connectivity index (χ0) is 16.5. The van der Waals surface area contributed by atoms with Gasteiger partial charge in [0, 0.05) is 5.69 Å². The zero-order valence-electron chi connectivity index (χ0n) is 12.9. The van der Waals surface area contributed by atoms with Crippen molar-refractivity contribution in [2.45, 2.75) is 50.7 Å². The van der Waals surface area contributed by atoms with E-state index in [-0.39, 0.29) is 12.8 Å². The molecular weight excluding hydrogens is 286 g/mol. The van der Waals surface area contributed by atoms with Crippen molar-refractivity contribution in [3.63, 3.8) is 0 Å². The standard InChI is InChI=1S/C16H21NO5/c1-15(2,3)22-14(21)17-11-6-4-5-10(7-11)16(13(19)20)8-12(18)9-16/h4-7,12,18H,8-9H2,1-3H3,(H,17,21)(H,19,20). The van der Waals surface area contributed by atoms with E-state index in [1.54, 1.807) is 45.0 Å². The van der Waals surface area contributed by atoms with Gasteiger partial charge >= 0.3 is 12.1 Å². The first-order valence-electron chi connectivity index (χ1n) is 7.14. The summed E-state index contributed by atoms with van der Waals surface area (Å²) in [5, 5.41) is 21.5. The molecule has 1 aromatic carbocycles. The first-order chi connectivity index (χ1) is 10.1. The highest BCUT2D eigenvalue weighted by atomic mass is 16.6. The molecule has 0 saturated heterocycles. The van der Waals surface area contributed by atoms with E-state index in [9.17, 15) is 19.8 Å². The third-order valence-corrected chi connectivity index (χ3v) is 3.64. The van der Waals surface area contributed by atoms with Crippen LogP contribution in [0.25, 0.3) is 0 Å². The van der Waals surface area contributed by atoms with Gasteiger partial charge in [-0.05, 0) is 51.3 Å². The number of carboxylic acid groups (broad SMARTS) is 1. The van der Waals surface area contributed by atoms with Crippen molar-refractivity contribution >= 4 is 17.7 Å². The number of amides is 1. The Bertz CT molecular complexity index is 584. The summed E-state index contributed by atoms with van der Waals surface area (Å²) in [7, 11) is 0. The van der Waals surface area contributed by atoms with Crippen LogP contribution in [0, 0.1) is 0 Å². The number of aliphatic carboxylic acids is 1. The number of carbonyl (C=O) groups excluding carboxylic acids is 1. The average Bonchev–Trinajstić information content (AvgIpc) is 2.32. The molecule has 3 N–H and O–H groups in total. The quantitative estimate of drug-likeness (QED) is 0.797. The number of nitrogens with one attached hydrogen (secondary N) is 1. The van der Waals surface area contributed by atoms with Crippen LogP contribution in [0.3, 0.4) is 0 Å². The van der Waals surface area contributed by atoms with Gasteiger partial charge in [-0.25, -0.2) is 4.79 Å². The minimum absolute atomic E-state index is 0.179. The highest BCUT2D eigenvalue weighted by Crippen LogP contribution is 2.44. The predicted molar refractivity (Wildman–Crippen MR) is 80.9 cm³/mol. The number of benzene rings is 1. The smallest absolute Gasteiger partial charge is 0.412 e. The van der Waals surface area contributed by atoms with Crippen LogP contribution in [0.2, 0.25) is 0 Å². The van der Waals surface area contributed by atoms with E-state index >= 15 is 0 Å². The van der Waals surface area contributed by atoms with Crippen LogP contribution in [-0.2, 0) is 14.9 Å². The van der Waals surface area contributed by atoms with Crippen LogP contribution in [0.4, 0.5) is 10.5 Å². The number of ether oxygens (including phenoxy) is 1. The molecule has 1 saturated carbocycles. The van der Waals surface area contributed by atoms with Crippen LogP contribution in [0.5, 0.6) is 0 Å². The minimum atomic E-state index is -1.08. The summed E-state index contributed by atoms with van der Waals surface area (Å²) in [6, 6.07) is 6.65. The van der Waals surface area contributed by atoms with Crippen LogP contribution in [-0.4, -0.2) is 34.0 Å². The second kappa shape index (κ2) is 5.61. The summed E-state index contributed by atoms with van der Waals surface area (Å²) >= 11 is 0. The molecule has 1 amide bonds. The van der Waals surface area contributed by atoms with Crippen LogP contribution in [0.15, 0.2) is 24.3 Å². The molecule has 0 unspecified atom stereocenters. The molecule has 1 aliphatic carbocycles. The molecule has 6 heteroatoms. The molecule has 0 aromatic heterocycles. The molecule has 1 aliphatic rings. The molecule has 22 heavy (non-hydrogen) atoms. The summed E-state index contributed by atoms with van der Waals surface area (Å²) in [5.41, 5.74) is -0.653. The molecule has 0 spiro atoms. The predicted octanol–water partition coefficient (Wildman–Crippen LogP) is 2.51. The third-order valence-electron chi connectivity index (χ3n) is 3.64. The maximum Gasteiger partial charge on any atom is 0.412 e. The summed E-state index contributed by atoms with van der Waals surface area (Å²) in [4.78, 5) is 23.3. The Morgan fingerprint density at radius 2 is 1.95 bits per heavy atom. The highest BCUT2D eigenvalue weighted by molar-refractivity contribution is 5.87. The lowest BCUT2D eigenvalue weighted by molar-refractivity contribution is -0.152. The maximum atomic E-state index is 11.8. The number of aliphatic hydroxyl groups is 1. The van der Waals surface area contributed by atoms with Gasteiger partial charge in [-0.15, -0.1) is 0 Å². The van der Waals surface area contributed by atoms with Gasteiger partial charge < -0.3 is 14.9 Å². The van der Waals surface area contributed by atoms with Crippen LogP contribution in [0.1, 0.15) is 39.2 Å². The molecule has 0 atom stereocenters. The Morgan fingerprint density at radius 3 is 2.45 bits per heavy atom. The van der Waals surface area contributed by atoms with Gasteiger partial charge in [-0.1, -0.05) is 12.1 Å². The summed E-state index contributed by atoms with van der Waals surface area (Å²) in [6.45, 7) is 5.29. The van der Waals surface area contributed by atoms with E-state index in [0.717, 1.165) is 0 Å². The summed E-state index contributed by atoms with van der Waals surface area (Å²) in [6.07, 6.45) is -0.836. The zero-order valence-corrected chi connectivity index (χ0v) is 12.9. The SMILES string of the molecule is CC(C)(C)OC(=O)Nc1cccc(C2(C(=O)O)CC(O)C2)c1. The van der Waals surface area contributed by atoms with Gasteiger partial charge in [0.2, 0.25) is 0 Å². The molecule has 120 valence electrons. The fourth-order valence-corrected chi connectivity index (χ4v) is 2.59. The first-order valence-corrected chi connectivity index (χ1v) is 7.14. The topological polar surface area (TPSA) is 95.9 Å². The molecule has 0 radical (unpaired) electrons. The monoisotopic (exact) mass is 307 g/mol. The number of hydrogen-bond acceptors (Lipinski definition) is 4. The second-order valence-corrected chi connectivity index (χ2v) is 6.66. The van der Waals surface area contributed by atoms with E-state index in [1.807, 2.05) is 0 Å². The minimum Gasteiger partial charge on any atom is -0.481 e. The molecule has 1 fully saturated rings. The lowest BCUT2D eigenvalue weighted by Gasteiger charge is -2.42. The van der Waals surface area contributed by atoms with Crippen molar-refractivity contribution in [2.24, 2.45) is 0 Å². The Hall–Kier alpha value is -2.08. The van der Waals surface area contributed by atoms with Crippen molar-refractivity contribution in [3.05, 3.63) is 29.8 Å². The molecule has 0 bridgehead atoms. The molecule has 0 heterocycles. The Labute approximate surface area is 129 Å². The molecule has 1 aromatic rings. The van der Waals surface area contributed by atoms with E-state index in [0.29, 0.717) is 11.3 Å². The normalized spacial score (nSPS) is 24.3. The number of hydrogen-bond donors (Lipinski definition) is 3. The molecule has 6 nitrogen and oxygen atoms in total. The number of carboxylic acids is 1. The molecule has 0 aliphatic heterocycles. The second-order valence-electron chi connectivity index (χ2n) is 6.66. The fourth-order valence-electron chi connectivity index (χ4n) is 2.59. The van der Waals surface area contributed by atoms with E-state index < -0.39 is 29.2 Å². The number of carbonyl (C=O) groups is 2. The van der Waals surface area contributed by atoms with Crippen molar-refractivity contribution in [2.75, 3.05) is 5.32 Å². The van der Waals surface area contributed by atoms with E-state index in [2.05, 4.69) is 5.32 Å². The van der Waals surface area contributed by atoms with Gasteiger partial charge in [-0.3, -0.25) is 10.1 Å². The van der Waals surface area contributed by atoms with Crippen molar-refractivity contribution in [3.8, 4) is 0 Å². The van der Waals surface area contributed by atoms with Gasteiger partial charge in [0.25, 0.3) is 0 Å². The third kappa shape index (κ3) is 3.39. The van der Waals surface area contributed by atoms with Gasteiger partial charge in [0.05, 0.1) is 11.5 Å². The first kappa shape index (κ1) is 16.3. The Kier molecular flexibility index (Phi) is 4.15. The maximum absolute atomic E-state index is 11.8. The van der Waals surface area contributed by atoms with Crippen molar-refractivity contribution in [1.82, 2.24) is 0 Å². The lowest BCUT2D eigenvalue weighted by atomic mass is 9.62. The number of anilines is 1. The summed E-state index contributed by atoms with van der Waals surface area (Å²) in [5.74, 6) is -0.966. The van der Waals surface area contributed by atoms with Gasteiger partial charge in [-0.2, -0.15) is 0 Å². The van der Waals surface area contributed by atoms with Gasteiger partial charge in [0.15, 0.2) is 0 Å². The fraction of sp³-hybridized carbons (Fsp3) is 0.500. The van der Waals surface area contributed by atoms with Crippen molar-refractivity contribution in [1.29, 1.82) is 0 Å². The lowest BCUT2D eigenvalue weighted by Crippen LogP contribution is -2.50. The average molecular weight is 307 g/mol. The Morgan fingerprint density at radius 1 is 1.32 bits per heavy atom. The highest BCUT2D eigenvalue weighted by Gasteiger charge is 2.51.